The lowest BCUT2D eigenvalue weighted by molar-refractivity contribution is -0.0514. The minimum Gasteiger partial charge on any atom is -0.490 e. The first-order chi connectivity index (χ1) is 11.9. The molecule has 1 heterocycles. The van der Waals surface area contributed by atoms with E-state index in [1.807, 2.05) is 11.9 Å². The fourth-order valence-electron chi connectivity index (χ4n) is 2.40. The Morgan fingerprint density at radius 1 is 1.04 bits per heavy atom. The van der Waals surface area contributed by atoms with E-state index in [9.17, 15) is 8.78 Å². The zero-order valence-corrected chi connectivity index (χ0v) is 15.3. The zero-order chi connectivity index (χ0) is 18.4. The number of nitrogens with zero attached hydrogens (tertiary/aromatic N) is 2. The van der Waals surface area contributed by atoms with Crippen molar-refractivity contribution in [1.29, 1.82) is 0 Å². The summed E-state index contributed by atoms with van der Waals surface area (Å²) in [6, 6.07) is 8.40. The zero-order valence-electron chi connectivity index (χ0n) is 13.8. The summed E-state index contributed by atoms with van der Waals surface area (Å²) in [5, 5.41) is 0.672. The number of hydrogen-bond donors (Lipinski definition) is 0. The molecule has 4 nitrogen and oxygen atoms in total. The van der Waals surface area contributed by atoms with E-state index in [4.69, 9.17) is 27.9 Å². The van der Waals surface area contributed by atoms with Crippen LogP contribution in [0.2, 0.25) is 10.3 Å². The Labute approximate surface area is 155 Å². The van der Waals surface area contributed by atoms with Gasteiger partial charge in [-0.15, -0.1) is 0 Å². The quantitative estimate of drug-likeness (QED) is 0.592. The summed E-state index contributed by atoms with van der Waals surface area (Å²) < 4.78 is 34.8. The van der Waals surface area contributed by atoms with Crippen LogP contribution in [0.25, 0.3) is 0 Å². The summed E-state index contributed by atoms with van der Waals surface area (Å²) in [5.74, 6) is 0.319. The van der Waals surface area contributed by atoms with Gasteiger partial charge in [0.1, 0.15) is 10.3 Å². The van der Waals surface area contributed by atoms with Crippen molar-refractivity contribution in [1.82, 2.24) is 9.88 Å². The van der Waals surface area contributed by atoms with Crippen molar-refractivity contribution in [3.05, 3.63) is 51.8 Å². The summed E-state index contributed by atoms with van der Waals surface area (Å²) in [6.45, 7) is 0.414. The molecule has 8 heteroatoms. The monoisotopic (exact) mass is 390 g/mol. The van der Waals surface area contributed by atoms with Gasteiger partial charge in [-0.25, -0.2) is 4.98 Å². The summed E-state index contributed by atoms with van der Waals surface area (Å²) in [4.78, 5) is 5.94. The van der Waals surface area contributed by atoms with E-state index in [1.165, 1.54) is 6.07 Å². The van der Waals surface area contributed by atoms with Gasteiger partial charge < -0.3 is 9.47 Å². The molecule has 1 aromatic carbocycles. The van der Waals surface area contributed by atoms with E-state index >= 15 is 0 Å². The van der Waals surface area contributed by atoms with Crippen molar-refractivity contribution in [2.45, 2.75) is 26.6 Å². The lowest BCUT2D eigenvalue weighted by atomic mass is 10.1. The number of halogens is 4. The predicted octanol–water partition coefficient (Wildman–Crippen LogP) is 5.02. The van der Waals surface area contributed by atoms with Crippen molar-refractivity contribution in [3.63, 3.8) is 0 Å². The number of benzene rings is 1. The molecule has 0 aliphatic carbocycles. The summed E-state index contributed by atoms with van der Waals surface area (Å²) in [6.07, 6.45) is 0. The second-order valence-corrected chi connectivity index (χ2v) is 6.16. The van der Waals surface area contributed by atoms with Crippen molar-refractivity contribution in [2.75, 3.05) is 13.7 Å². The van der Waals surface area contributed by atoms with Crippen LogP contribution in [0.15, 0.2) is 30.3 Å². The van der Waals surface area contributed by atoms with Crippen LogP contribution in [0.1, 0.15) is 18.1 Å². The van der Waals surface area contributed by atoms with Crippen LogP contribution in [0, 0.1) is 0 Å². The molecule has 0 radical (unpaired) electrons. The minimum atomic E-state index is -2.89. The third-order valence-corrected chi connectivity index (χ3v) is 3.64. The number of alkyl halides is 2. The number of rotatable bonds is 8. The van der Waals surface area contributed by atoms with Crippen LogP contribution in [-0.4, -0.2) is 30.1 Å². The van der Waals surface area contributed by atoms with E-state index in [-0.39, 0.29) is 5.75 Å². The average Bonchev–Trinajstić information content (AvgIpc) is 2.48. The molecule has 0 aliphatic heterocycles. The van der Waals surface area contributed by atoms with Gasteiger partial charge in [0.25, 0.3) is 0 Å². The van der Waals surface area contributed by atoms with Gasteiger partial charge in [-0.2, -0.15) is 8.78 Å². The number of pyridine rings is 1. The Kier molecular flexibility index (Phi) is 7.23. The maximum absolute atomic E-state index is 12.4. The first-order valence-corrected chi connectivity index (χ1v) is 8.34. The van der Waals surface area contributed by atoms with Crippen molar-refractivity contribution < 1.29 is 18.3 Å². The summed E-state index contributed by atoms with van der Waals surface area (Å²) >= 11 is 11.8. The Balaban J connectivity index is 2.09. The van der Waals surface area contributed by atoms with Crippen LogP contribution in [0.5, 0.6) is 11.5 Å². The first-order valence-electron chi connectivity index (χ1n) is 7.58. The SMILES string of the molecule is CCOc1cc(CN(C)Cc2cc(Cl)nc(Cl)c2)ccc1OC(F)F. The van der Waals surface area contributed by atoms with Crippen LogP contribution < -0.4 is 9.47 Å². The molecule has 0 fully saturated rings. The highest BCUT2D eigenvalue weighted by Crippen LogP contribution is 2.30. The molecule has 0 N–H and O–H groups in total. The maximum atomic E-state index is 12.4. The van der Waals surface area contributed by atoms with Crippen molar-refractivity contribution >= 4 is 23.2 Å². The van der Waals surface area contributed by atoms with Crippen molar-refractivity contribution in [2.24, 2.45) is 0 Å². The van der Waals surface area contributed by atoms with E-state index in [2.05, 4.69) is 9.72 Å². The molecule has 0 saturated heterocycles. The summed E-state index contributed by atoms with van der Waals surface area (Å²) in [7, 11) is 1.92. The Morgan fingerprint density at radius 3 is 2.28 bits per heavy atom. The molecule has 0 atom stereocenters. The largest absolute Gasteiger partial charge is 0.490 e. The van der Waals surface area contributed by atoms with Gasteiger partial charge in [0.05, 0.1) is 6.61 Å². The molecule has 136 valence electrons. The fraction of sp³-hybridized carbons (Fsp3) is 0.353. The smallest absolute Gasteiger partial charge is 0.387 e. The second kappa shape index (κ2) is 9.17. The minimum absolute atomic E-state index is 0.0240. The first kappa shape index (κ1) is 19.7. The van der Waals surface area contributed by atoms with Crippen LogP contribution in [0.4, 0.5) is 8.78 Å². The van der Waals surface area contributed by atoms with Gasteiger partial charge in [0, 0.05) is 13.1 Å². The van der Waals surface area contributed by atoms with E-state index in [0.29, 0.717) is 35.8 Å². The second-order valence-electron chi connectivity index (χ2n) is 5.39. The lowest BCUT2D eigenvalue weighted by Gasteiger charge is -2.18. The number of aromatic nitrogens is 1. The standard InChI is InChI=1S/C17H18Cl2F2N2O2/c1-3-24-14-6-11(4-5-13(14)25-17(20)21)9-23(2)10-12-7-15(18)22-16(19)8-12/h4-8,17H,3,9-10H2,1-2H3. The summed E-state index contributed by atoms with van der Waals surface area (Å²) in [5.41, 5.74) is 1.83. The third kappa shape index (κ3) is 6.30. The molecule has 2 rings (SSSR count). The molecule has 25 heavy (non-hydrogen) atoms. The maximum Gasteiger partial charge on any atom is 0.387 e. The fourth-order valence-corrected chi connectivity index (χ4v) is 2.90. The van der Waals surface area contributed by atoms with Crippen LogP contribution in [0.3, 0.4) is 0 Å². The molecule has 1 aromatic heterocycles. The molecule has 0 amide bonds. The van der Waals surface area contributed by atoms with Gasteiger partial charge in [-0.05, 0) is 49.4 Å². The van der Waals surface area contributed by atoms with Gasteiger partial charge in [-0.3, -0.25) is 4.90 Å². The molecule has 0 saturated carbocycles. The molecule has 2 aromatic rings. The molecule has 0 aliphatic rings. The van der Waals surface area contributed by atoms with E-state index < -0.39 is 6.61 Å². The Bertz CT molecular complexity index is 697. The van der Waals surface area contributed by atoms with Gasteiger partial charge >= 0.3 is 6.61 Å². The predicted molar refractivity (Wildman–Crippen MR) is 93.7 cm³/mol. The third-order valence-electron chi connectivity index (χ3n) is 3.25. The van der Waals surface area contributed by atoms with E-state index in [1.54, 1.807) is 31.2 Å². The molecular formula is C17H18Cl2F2N2O2. The van der Waals surface area contributed by atoms with Gasteiger partial charge in [-0.1, -0.05) is 29.3 Å². The topological polar surface area (TPSA) is 34.6 Å². The van der Waals surface area contributed by atoms with Gasteiger partial charge in [0.2, 0.25) is 0 Å². The average molecular weight is 391 g/mol. The molecule has 0 bridgehead atoms. The van der Waals surface area contributed by atoms with Crippen LogP contribution in [-0.2, 0) is 13.1 Å². The van der Waals surface area contributed by atoms with Gasteiger partial charge in [0.15, 0.2) is 11.5 Å². The molecule has 0 unspecified atom stereocenters. The Morgan fingerprint density at radius 2 is 1.68 bits per heavy atom. The van der Waals surface area contributed by atoms with Crippen molar-refractivity contribution in [3.8, 4) is 11.5 Å². The highest BCUT2D eigenvalue weighted by atomic mass is 35.5. The molecule has 0 spiro atoms. The number of ether oxygens (including phenoxy) is 2. The lowest BCUT2D eigenvalue weighted by Crippen LogP contribution is -2.17. The highest BCUT2D eigenvalue weighted by molar-refractivity contribution is 6.32. The van der Waals surface area contributed by atoms with Crippen LogP contribution >= 0.6 is 23.2 Å². The highest BCUT2D eigenvalue weighted by Gasteiger charge is 2.12. The number of hydrogen-bond acceptors (Lipinski definition) is 4. The van der Waals surface area contributed by atoms with E-state index in [0.717, 1.165) is 11.1 Å². The molecular weight excluding hydrogens is 373 g/mol. The Hall–Kier alpha value is -1.63. The normalized spacial score (nSPS) is 11.2.